The van der Waals surface area contributed by atoms with E-state index in [0.29, 0.717) is 11.5 Å². The first-order valence-corrected chi connectivity index (χ1v) is 7.74. The first-order valence-electron chi connectivity index (χ1n) is 4.53. The van der Waals surface area contributed by atoms with Gasteiger partial charge in [-0.1, -0.05) is 0 Å². The van der Waals surface area contributed by atoms with E-state index >= 15 is 0 Å². The number of ether oxygens (including phenoxy) is 1. The molecule has 0 aromatic carbocycles. The van der Waals surface area contributed by atoms with Gasteiger partial charge in [-0.15, -0.1) is 0 Å². The Morgan fingerprint density at radius 2 is 1.93 bits per heavy atom. The van der Waals surface area contributed by atoms with E-state index in [9.17, 15) is 13.2 Å². The molecule has 0 amide bonds. The molecule has 90 valence electrons. The molecule has 6 heteroatoms. The summed E-state index contributed by atoms with van der Waals surface area (Å²) in [6.07, 6.45) is 1.21. The van der Waals surface area contributed by atoms with Crippen LogP contribution in [-0.2, 0) is 19.4 Å². The van der Waals surface area contributed by atoms with Crippen molar-refractivity contribution >= 4 is 27.6 Å². The van der Waals surface area contributed by atoms with E-state index in [4.69, 9.17) is 0 Å². The van der Waals surface area contributed by atoms with Gasteiger partial charge in [0.05, 0.1) is 18.3 Å². The van der Waals surface area contributed by atoms with Gasteiger partial charge in [0, 0.05) is 17.8 Å². The van der Waals surface area contributed by atoms with Crippen molar-refractivity contribution in [1.29, 1.82) is 0 Å². The number of esters is 1. The molecule has 0 radical (unpaired) electrons. The maximum absolute atomic E-state index is 11.3. The maximum atomic E-state index is 11.3. The van der Waals surface area contributed by atoms with Crippen LogP contribution in [0.3, 0.4) is 0 Å². The average molecular weight is 254 g/mol. The van der Waals surface area contributed by atoms with Gasteiger partial charge in [0.1, 0.15) is 9.84 Å². The number of sulfone groups is 1. The first kappa shape index (κ1) is 14.8. The summed E-state index contributed by atoms with van der Waals surface area (Å²) < 4.78 is 26.3. The van der Waals surface area contributed by atoms with Crippen molar-refractivity contribution in [1.82, 2.24) is 0 Å². The molecule has 15 heavy (non-hydrogen) atoms. The van der Waals surface area contributed by atoms with E-state index in [1.165, 1.54) is 25.1 Å². The van der Waals surface area contributed by atoms with Crippen molar-refractivity contribution in [2.45, 2.75) is 13.8 Å². The molecule has 0 saturated heterocycles. The van der Waals surface area contributed by atoms with Gasteiger partial charge >= 0.3 is 5.97 Å². The minimum Gasteiger partial charge on any atom is -0.469 e. The summed E-state index contributed by atoms with van der Waals surface area (Å²) in [5.74, 6) is 0.956. The van der Waals surface area contributed by atoms with Crippen molar-refractivity contribution in [3.8, 4) is 0 Å². The number of hydrogen-bond donors (Lipinski definition) is 0. The Hall–Kier alpha value is -0.230. The van der Waals surface area contributed by atoms with E-state index in [-0.39, 0.29) is 11.7 Å². The highest BCUT2D eigenvalue weighted by Crippen LogP contribution is 2.23. The van der Waals surface area contributed by atoms with Gasteiger partial charge in [-0.2, -0.15) is 11.8 Å². The highest BCUT2D eigenvalue weighted by molar-refractivity contribution is 8.00. The van der Waals surface area contributed by atoms with Gasteiger partial charge < -0.3 is 4.74 Å². The fourth-order valence-corrected chi connectivity index (χ4v) is 3.33. The molecule has 0 aromatic heterocycles. The summed E-state index contributed by atoms with van der Waals surface area (Å²) in [5.41, 5.74) is -0.559. The van der Waals surface area contributed by atoms with Gasteiger partial charge in [-0.3, -0.25) is 4.79 Å². The standard InChI is InChI=1S/C9H18O4S2/c1-9(2,8(10)13-3)7-14-5-6-15(4,11)12/h5-7H2,1-4H3. The summed E-state index contributed by atoms with van der Waals surface area (Å²) in [6.45, 7) is 3.57. The van der Waals surface area contributed by atoms with E-state index < -0.39 is 15.3 Å². The van der Waals surface area contributed by atoms with E-state index in [1.54, 1.807) is 13.8 Å². The Morgan fingerprint density at radius 3 is 2.33 bits per heavy atom. The molecular weight excluding hydrogens is 236 g/mol. The minimum absolute atomic E-state index is 0.148. The third-order valence-corrected chi connectivity index (χ3v) is 4.42. The Labute approximate surface area is 95.7 Å². The fraction of sp³-hybridized carbons (Fsp3) is 0.889. The quantitative estimate of drug-likeness (QED) is 0.522. The molecule has 0 atom stereocenters. The Bertz CT molecular complexity index is 306. The lowest BCUT2D eigenvalue weighted by Gasteiger charge is -2.20. The van der Waals surface area contributed by atoms with E-state index in [1.807, 2.05) is 0 Å². The van der Waals surface area contributed by atoms with Crippen molar-refractivity contribution in [2.24, 2.45) is 5.41 Å². The molecule has 0 saturated carbocycles. The lowest BCUT2D eigenvalue weighted by atomic mass is 9.97. The predicted molar refractivity (Wildman–Crippen MR) is 62.8 cm³/mol. The lowest BCUT2D eigenvalue weighted by molar-refractivity contribution is -0.149. The number of rotatable bonds is 6. The highest BCUT2D eigenvalue weighted by Gasteiger charge is 2.28. The number of hydrogen-bond acceptors (Lipinski definition) is 5. The number of methoxy groups -OCH3 is 1. The Balaban J connectivity index is 3.91. The van der Waals surface area contributed by atoms with Crippen molar-refractivity contribution in [3.63, 3.8) is 0 Å². The maximum Gasteiger partial charge on any atom is 0.312 e. The molecule has 0 unspecified atom stereocenters. The smallest absolute Gasteiger partial charge is 0.312 e. The molecule has 0 aliphatic heterocycles. The molecule has 0 aromatic rings. The monoisotopic (exact) mass is 254 g/mol. The van der Waals surface area contributed by atoms with Gasteiger partial charge in [0.25, 0.3) is 0 Å². The molecule has 0 fully saturated rings. The third-order valence-electron chi connectivity index (χ3n) is 1.80. The zero-order valence-corrected chi connectivity index (χ0v) is 11.2. The molecule has 0 heterocycles. The van der Waals surface area contributed by atoms with Gasteiger partial charge in [-0.05, 0) is 13.8 Å². The van der Waals surface area contributed by atoms with Crippen molar-refractivity contribution < 1.29 is 17.9 Å². The van der Waals surface area contributed by atoms with Crippen LogP contribution in [0.1, 0.15) is 13.8 Å². The fourth-order valence-electron chi connectivity index (χ4n) is 0.873. The summed E-state index contributed by atoms with van der Waals surface area (Å²) >= 11 is 1.45. The molecule has 0 aliphatic rings. The second-order valence-corrected chi connectivity index (χ2v) is 7.42. The SMILES string of the molecule is COC(=O)C(C)(C)CSCCS(C)(=O)=O. The minimum atomic E-state index is -2.90. The predicted octanol–water partition coefficient (Wildman–Crippen LogP) is 0.963. The Morgan fingerprint density at radius 1 is 1.40 bits per heavy atom. The second-order valence-electron chi connectivity index (χ2n) is 4.06. The summed E-state index contributed by atoms with van der Waals surface area (Å²) in [7, 11) is -1.55. The zero-order valence-electron chi connectivity index (χ0n) is 9.57. The molecule has 0 bridgehead atoms. The van der Waals surface area contributed by atoms with Gasteiger partial charge in [-0.25, -0.2) is 8.42 Å². The number of thioether (sulfide) groups is 1. The molecule has 0 spiro atoms. The van der Waals surface area contributed by atoms with Crippen LogP contribution in [-0.4, -0.2) is 45.0 Å². The van der Waals surface area contributed by atoms with E-state index in [2.05, 4.69) is 4.74 Å². The average Bonchev–Trinajstić information content (AvgIpc) is 2.09. The normalized spacial score (nSPS) is 12.5. The first-order chi connectivity index (χ1) is 6.69. The van der Waals surface area contributed by atoms with Crippen LogP contribution in [0.2, 0.25) is 0 Å². The molecule has 0 aliphatic carbocycles. The van der Waals surface area contributed by atoms with Gasteiger partial charge in [0.2, 0.25) is 0 Å². The summed E-state index contributed by atoms with van der Waals surface area (Å²) in [5, 5.41) is 0. The lowest BCUT2D eigenvalue weighted by Crippen LogP contribution is -2.28. The molecule has 0 N–H and O–H groups in total. The van der Waals surface area contributed by atoms with Crippen LogP contribution < -0.4 is 0 Å². The van der Waals surface area contributed by atoms with Gasteiger partial charge in [0.15, 0.2) is 0 Å². The highest BCUT2D eigenvalue weighted by atomic mass is 32.2. The molecule has 0 rings (SSSR count). The number of carbonyl (C=O) groups excluding carboxylic acids is 1. The summed E-state index contributed by atoms with van der Waals surface area (Å²) in [4.78, 5) is 11.3. The van der Waals surface area contributed by atoms with Crippen molar-refractivity contribution in [2.75, 3.05) is 30.6 Å². The largest absolute Gasteiger partial charge is 0.469 e. The number of carbonyl (C=O) groups is 1. The van der Waals surface area contributed by atoms with Crippen LogP contribution in [0.4, 0.5) is 0 Å². The molecule has 4 nitrogen and oxygen atoms in total. The zero-order chi connectivity index (χ0) is 12.1. The topological polar surface area (TPSA) is 60.4 Å². The van der Waals surface area contributed by atoms with Crippen LogP contribution in [0.25, 0.3) is 0 Å². The van der Waals surface area contributed by atoms with Crippen LogP contribution in [0.15, 0.2) is 0 Å². The third kappa shape index (κ3) is 6.78. The van der Waals surface area contributed by atoms with E-state index in [0.717, 1.165) is 0 Å². The second kappa shape index (κ2) is 5.75. The van der Waals surface area contributed by atoms with Crippen molar-refractivity contribution in [3.05, 3.63) is 0 Å². The molecular formula is C9H18O4S2. The van der Waals surface area contributed by atoms with Crippen LogP contribution >= 0.6 is 11.8 Å². The van der Waals surface area contributed by atoms with Crippen LogP contribution in [0, 0.1) is 5.41 Å². The summed E-state index contributed by atoms with van der Waals surface area (Å²) in [6, 6.07) is 0. The van der Waals surface area contributed by atoms with Crippen LogP contribution in [0.5, 0.6) is 0 Å². The Kier molecular flexibility index (Phi) is 5.66.